The molecule has 0 saturated heterocycles. The largest absolute Gasteiger partial charge is 0.336 e. The number of rotatable bonds is 5. The lowest BCUT2D eigenvalue weighted by Crippen LogP contribution is -2.26. The average Bonchev–Trinajstić information content (AvgIpc) is 2.89. The van der Waals surface area contributed by atoms with Crippen molar-refractivity contribution < 1.29 is 4.79 Å². The van der Waals surface area contributed by atoms with Gasteiger partial charge in [-0.05, 0) is 24.2 Å². The van der Waals surface area contributed by atoms with Crippen LogP contribution in [0.15, 0.2) is 34.1 Å². The number of nitrogens with two attached hydrogens (primary N) is 1. The lowest BCUT2D eigenvalue weighted by molar-refractivity contribution is 0.0780. The van der Waals surface area contributed by atoms with E-state index in [1.54, 1.807) is 17.3 Å². The standard InChI is InChI=1S/C14H16BrN3OS/c1-18(8-10-2-4-11(15)5-3-10)14(19)12-9-20-13(17-12)6-7-16/h2-5,9H,6-8,16H2,1H3. The summed E-state index contributed by atoms with van der Waals surface area (Å²) in [6, 6.07) is 7.93. The van der Waals surface area contributed by atoms with Crippen molar-refractivity contribution in [3.8, 4) is 0 Å². The molecule has 0 unspecified atom stereocenters. The van der Waals surface area contributed by atoms with Crippen molar-refractivity contribution in [2.24, 2.45) is 5.73 Å². The number of halogens is 1. The molecule has 20 heavy (non-hydrogen) atoms. The maximum atomic E-state index is 12.3. The van der Waals surface area contributed by atoms with Crippen LogP contribution in [0.1, 0.15) is 21.1 Å². The van der Waals surface area contributed by atoms with Gasteiger partial charge in [0.2, 0.25) is 0 Å². The fourth-order valence-electron chi connectivity index (χ4n) is 1.78. The second kappa shape index (κ2) is 6.97. The third-order valence-electron chi connectivity index (χ3n) is 2.81. The Kier molecular flexibility index (Phi) is 5.28. The van der Waals surface area contributed by atoms with Gasteiger partial charge in [0.15, 0.2) is 0 Å². The highest BCUT2D eigenvalue weighted by Crippen LogP contribution is 2.15. The molecule has 2 aromatic rings. The first-order valence-electron chi connectivity index (χ1n) is 6.24. The van der Waals surface area contributed by atoms with E-state index in [0.717, 1.165) is 15.0 Å². The number of aromatic nitrogens is 1. The van der Waals surface area contributed by atoms with Crippen molar-refractivity contribution in [3.63, 3.8) is 0 Å². The fourth-order valence-corrected chi connectivity index (χ4v) is 2.83. The molecule has 0 spiro atoms. The monoisotopic (exact) mass is 353 g/mol. The van der Waals surface area contributed by atoms with Crippen LogP contribution in [0.25, 0.3) is 0 Å². The molecule has 0 fully saturated rings. The smallest absolute Gasteiger partial charge is 0.273 e. The van der Waals surface area contributed by atoms with E-state index in [-0.39, 0.29) is 5.91 Å². The van der Waals surface area contributed by atoms with E-state index in [1.165, 1.54) is 11.3 Å². The predicted molar refractivity (Wildman–Crippen MR) is 84.8 cm³/mol. The zero-order chi connectivity index (χ0) is 14.5. The maximum Gasteiger partial charge on any atom is 0.273 e. The van der Waals surface area contributed by atoms with Gasteiger partial charge >= 0.3 is 0 Å². The van der Waals surface area contributed by atoms with Crippen molar-refractivity contribution >= 4 is 33.2 Å². The van der Waals surface area contributed by atoms with Gasteiger partial charge in [0.1, 0.15) is 5.69 Å². The van der Waals surface area contributed by atoms with Crippen LogP contribution in [-0.2, 0) is 13.0 Å². The zero-order valence-electron chi connectivity index (χ0n) is 11.2. The topological polar surface area (TPSA) is 59.2 Å². The summed E-state index contributed by atoms with van der Waals surface area (Å²) in [5, 5.41) is 2.71. The first kappa shape index (κ1) is 15.2. The van der Waals surface area contributed by atoms with E-state index >= 15 is 0 Å². The molecule has 2 N–H and O–H groups in total. The predicted octanol–water partition coefficient (Wildman–Crippen LogP) is 2.68. The molecule has 106 valence electrons. The van der Waals surface area contributed by atoms with Crippen LogP contribution < -0.4 is 5.73 Å². The van der Waals surface area contributed by atoms with E-state index in [9.17, 15) is 4.79 Å². The normalized spacial score (nSPS) is 10.6. The van der Waals surface area contributed by atoms with Crippen LogP contribution in [0.2, 0.25) is 0 Å². The van der Waals surface area contributed by atoms with Crippen LogP contribution >= 0.6 is 27.3 Å². The molecule has 0 aliphatic heterocycles. The molecule has 1 aromatic carbocycles. The van der Waals surface area contributed by atoms with Gasteiger partial charge in [-0.3, -0.25) is 4.79 Å². The van der Waals surface area contributed by atoms with Gasteiger partial charge in [0.25, 0.3) is 5.91 Å². The summed E-state index contributed by atoms with van der Waals surface area (Å²) in [7, 11) is 1.78. The molecule has 6 heteroatoms. The van der Waals surface area contributed by atoms with Gasteiger partial charge in [-0.1, -0.05) is 28.1 Å². The molecule has 0 aliphatic rings. The second-order valence-corrected chi connectivity index (χ2v) is 6.31. The molecule has 0 bridgehead atoms. The van der Waals surface area contributed by atoms with Gasteiger partial charge < -0.3 is 10.6 Å². The highest BCUT2D eigenvalue weighted by Gasteiger charge is 2.15. The molecule has 0 radical (unpaired) electrons. The van der Waals surface area contributed by atoms with Crippen LogP contribution in [0.3, 0.4) is 0 Å². The Morgan fingerprint density at radius 1 is 1.40 bits per heavy atom. The minimum absolute atomic E-state index is 0.0626. The molecular weight excluding hydrogens is 338 g/mol. The van der Waals surface area contributed by atoms with Gasteiger partial charge in [0, 0.05) is 29.9 Å². The molecule has 0 atom stereocenters. The van der Waals surface area contributed by atoms with Gasteiger partial charge in [0.05, 0.1) is 5.01 Å². The summed E-state index contributed by atoms with van der Waals surface area (Å²) in [5.74, 6) is -0.0626. The van der Waals surface area contributed by atoms with Gasteiger partial charge in [-0.15, -0.1) is 11.3 Å². The quantitative estimate of drug-likeness (QED) is 0.898. The number of amides is 1. The highest BCUT2D eigenvalue weighted by molar-refractivity contribution is 9.10. The molecule has 2 rings (SSSR count). The average molecular weight is 354 g/mol. The van der Waals surface area contributed by atoms with E-state index in [0.29, 0.717) is 25.2 Å². The van der Waals surface area contributed by atoms with Crippen molar-refractivity contribution in [3.05, 3.63) is 50.4 Å². The summed E-state index contributed by atoms with van der Waals surface area (Å²) in [5.41, 5.74) is 7.07. The summed E-state index contributed by atoms with van der Waals surface area (Å²) in [6.07, 6.45) is 0.717. The maximum absolute atomic E-state index is 12.3. The lowest BCUT2D eigenvalue weighted by Gasteiger charge is -2.16. The van der Waals surface area contributed by atoms with Crippen molar-refractivity contribution in [2.75, 3.05) is 13.6 Å². The highest BCUT2D eigenvalue weighted by atomic mass is 79.9. The van der Waals surface area contributed by atoms with Crippen LogP contribution in [0, 0.1) is 0 Å². The number of hydrogen-bond donors (Lipinski definition) is 1. The van der Waals surface area contributed by atoms with Crippen LogP contribution in [0.5, 0.6) is 0 Å². The second-order valence-electron chi connectivity index (χ2n) is 4.45. The van der Waals surface area contributed by atoms with Crippen LogP contribution in [0.4, 0.5) is 0 Å². The Bertz CT molecular complexity index is 582. The Balaban J connectivity index is 2.02. The molecule has 0 saturated carbocycles. The lowest BCUT2D eigenvalue weighted by atomic mass is 10.2. The molecule has 1 amide bonds. The van der Waals surface area contributed by atoms with E-state index in [1.807, 2.05) is 24.3 Å². The summed E-state index contributed by atoms with van der Waals surface area (Å²) < 4.78 is 1.03. The van der Waals surface area contributed by atoms with Gasteiger partial charge in [-0.2, -0.15) is 0 Å². The summed E-state index contributed by atoms with van der Waals surface area (Å²) in [6.45, 7) is 1.12. The Morgan fingerprint density at radius 2 is 2.10 bits per heavy atom. The van der Waals surface area contributed by atoms with Crippen molar-refractivity contribution in [1.82, 2.24) is 9.88 Å². The molecular formula is C14H16BrN3OS. The number of hydrogen-bond acceptors (Lipinski definition) is 4. The van der Waals surface area contributed by atoms with E-state index in [2.05, 4.69) is 20.9 Å². The Hall–Kier alpha value is -1.24. The summed E-state index contributed by atoms with van der Waals surface area (Å²) in [4.78, 5) is 18.3. The fraction of sp³-hybridized carbons (Fsp3) is 0.286. The first-order chi connectivity index (χ1) is 9.60. The number of nitrogens with zero attached hydrogens (tertiary/aromatic N) is 2. The van der Waals surface area contributed by atoms with E-state index in [4.69, 9.17) is 5.73 Å². The zero-order valence-corrected chi connectivity index (χ0v) is 13.6. The minimum atomic E-state index is -0.0626. The number of thiazole rings is 1. The van der Waals surface area contributed by atoms with E-state index < -0.39 is 0 Å². The number of benzene rings is 1. The molecule has 1 aromatic heterocycles. The van der Waals surface area contributed by atoms with Crippen molar-refractivity contribution in [1.29, 1.82) is 0 Å². The third-order valence-corrected chi connectivity index (χ3v) is 4.25. The number of carbonyl (C=O) groups excluding carboxylic acids is 1. The number of carbonyl (C=O) groups is 1. The Morgan fingerprint density at radius 3 is 2.75 bits per heavy atom. The van der Waals surface area contributed by atoms with Crippen LogP contribution in [-0.4, -0.2) is 29.4 Å². The first-order valence-corrected chi connectivity index (χ1v) is 7.92. The molecule has 4 nitrogen and oxygen atoms in total. The molecule has 1 heterocycles. The van der Waals surface area contributed by atoms with Gasteiger partial charge in [-0.25, -0.2) is 4.98 Å². The summed E-state index contributed by atoms with van der Waals surface area (Å²) >= 11 is 4.88. The molecule has 0 aliphatic carbocycles. The third kappa shape index (κ3) is 3.88. The SMILES string of the molecule is CN(Cc1ccc(Br)cc1)C(=O)c1csc(CCN)n1. The minimum Gasteiger partial charge on any atom is -0.336 e. The van der Waals surface area contributed by atoms with Crippen molar-refractivity contribution in [2.45, 2.75) is 13.0 Å². The Labute approximate surface area is 130 Å².